The van der Waals surface area contributed by atoms with Crippen LogP contribution in [0.3, 0.4) is 0 Å². The minimum atomic E-state index is 0.151. The van der Waals surface area contributed by atoms with Crippen LogP contribution in [-0.2, 0) is 6.42 Å². The lowest BCUT2D eigenvalue weighted by molar-refractivity contribution is 0.319. The predicted molar refractivity (Wildman–Crippen MR) is 147 cm³/mol. The van der Waals surface area contributed by atoms with E-state index in [-0.39, 0.29) is 5.17 Å². The Morgan fingerprint density at radius 1 is 0.765 bits per heavy atom. The van der Waals surface area contributed by atoms with E-state index in [0.29, 0.717) is 6.61 Å². The predicted octanol–water partition coefficient (Wildman–Crippen LogP) is 8.96. The molecule has 3 N–H and O–H groups in total. The number of thioether (sulfide) groups is 1. The summed E-state index contributed by atoms with van der Waals surface area (Å²) in [5.74, 6) is 1.60. The number of amidine groups is 1. The summed E-state index contributed by atoms with van der Waals surface area (Å²) in [5.41, 5.74) is 8.36. The van der Waals surface area contributed by atoms with E-state index in [2.05, 4.69) is 29.3 Å². The molecule has 2 aromatic carbocycles. The molecule has 0 aromatic heterocycles. The molecule has 0 amide bonds. The summed E-state index contributed by atoms with van der Waals surface area (Å²) in [5, 5.41) is 16.0. The molecule has 6 heteroatoms. The van der Waals surface area contributed by atoms with Crippen molar-refractivity contribution in [2.75, 3.05) is 12.4 Å². The molecule has 2 rings (SSSR count). The zero-order chi connectivity index (χ0) is 24.3. The average molecular weight is 483 g/mol. The van der Waals surface area contributed by atoms with Crippen molar-refractivity contribution in [2.24, 2.45) is 16.0 Å². The van der Waals surface area contributed by atoms with Crippen LogP contribution in [0, 0.1) is 5.41 Å². The van der Waals surface area contributed by atoms with Crippen LogP contribution < -0.4 is 10.5 Å². The van der Waals surface area contributed by atoms with E-state index >= 15 is 0 Å². The fourth-order valence-electron chi connectivity index (χ4n) is 3.70. The Morgan fingerprint density at radius 2 is 1.29 bits per heavy atom. The quantitative estimate of drug-likeness (QED) is 0.0962. The number of azo groups is 1. The maximum atomic E-state index is 7.18. The molecule has 0 bridgehead atoms. The molecule has 0 heterocycles. The Labute approximate surface area is 210 Å². The number of hydrogen-bond acceptors (Lipinski definition) is 5. The molecule has 0 aliphatic rings. The molecule has 0 unspecified atom stereocenters. The van der Waals surface area contributed by atoms with Gasteiger partial charge in [0.25, 0.3) is 0 Å². The van der Waals surface area contributed by atoms with Crippen molar-refractivity contribution in [3.05, 3.63) is 54.1 Å². The molecule has 0 fully saturated rings. The van der Waals surface area contributed by atoms with Gasteiger partial charge in [-0.25, -0.2) is 0 Å². The van der Waals surface area contributed by atoms with Gasteiger partial charge in [-0.1, -0.05) is 88.6 Å². The number of nitrogens with two attached hydrogens (primary N) is 1. The second kappa shape index (κ2) is 18.0. The van der Waals surface area contributed by atoms with Crippen molar-refractivity contribution in [1.29, 1.82) is 5.41 Å². The highest BCUT2D eigenvalue weighted by Crippen LogP contribution is 2.22. The van der Waals surface area contributed by atoms with Crippen LogP contribution >= 0.6 is 11.8 Å². The molecule has 186 valence electrons. The molecule has 2 aromatic rings. The maximum absolute atomic E-state index is 7.18. The number of unbranched alkanes of at least 4 members (excludes halogenated alkanes) is 9. The molecule has 0 atom stereocenters. The Bertz CT molecular complexity index is 821. The van der Waals surface area contributed by atoms with E-state index in [4.69, 9.17) is 15.9 Å². The highest BCUT2D eigenvalue weighted by atomic mass is 32.2. The highest BCUT2D eigenvalue weighted by Gasteiger charge is 1.98. The van der Waals surface area contributed by atoms with E-state index in [1.54, 1.807) is 0 Å². The zero-order valence-corrected chi connectivity index (χ0v) is 21.6. The van der Waals surface area contributed by atoms with Gasteiger partial charge in [-0.05, 0) is 61.2 Å². The molecule has 0 saturated heterocycles. The van der Waals surface area contributed by atoms with Gasteiger partial charge in [0.1, 0.15) is 5.75 Å². The van der Waals surface area contributed by atoms with E-state index in [0.717, 1.165) is 35.7 Å². The first-order valence-corrected chi connectivity index (χ1v) is 13.9. The Hall–Kier alpha value is -2.34. The van der Waals surface area contributed by atoms with Gasteiger partial charge in [-0.15, -0.1) is 0 Å². The maximum Gasteiger partial charge on any atom is 0.151 e. The van der Waals surface area contributed by atoms with Crippen LogP contribution in [0.1, 0.15) is 83.1 Å². The van der Waals surface area contributed by atoms with Crippen molar-refractivity contribution in [3.8, 4) is 5.75 Å². The number of aryl methyl sites for hydroxylation is 1. The van der Waals surface area contributed by atoms with Crippen LogP contribution in [0.15, 0.2) is 58.8 Å². The lowest BCUT2D eigenvalue weighted by Gasteiger charge is -2.05. The first-order chi connectivity index (χ1) is 16.7. The van der Waals surface area contributed by atoms with E-state index in [9.17, 15) is 0 Å². The highest BCUT2D eigenvalue weighted by molar-refractivity contribution is 8.13. The first kappa shape index (κ1) is 27.9. The van der Waals surface area contributed by atoms with Gasteiger partial charge in [0.05, 0.1) is 18.0 Å². The lowest BCUT2D eigenvalue weighted by Crippen LogP contribution is -2.06. The van der Waals surface area contributed by atoms with Crippen molar-refractivity contribution in [2.45, 2.75) is 84.0 Å². The summed E-state index contributed by atoms with van der Waals surface area (Å²) < 4.78 is 5.70. The van der Waals surface area contributed by atoms with E-state index < -0.39 is 0 Å². The average Bonchev–Trinajstić information content (AvgIpc) is 2.85. The largest absolute Gasteiger partial charge is 0.494 e. The van der Waals surface area contributed by atoms with Crippen LogP contribution in [0.25, 0.3) is 0 Å². The van der Waals surface area contributed by atoms with Crippen molar-refractivity contribution in [3.63, 3.8) is 0 Å². The summed E-state index contributed by atoms with van der Waals surface area (Å²) in [6.45, 7) is 2.88. The molecule has 34 heavy (non-hydrogen) atoms. The van der Waals surface area contributed by atoms with E-state index in [1.165, 1.54) is 81.5 Å². The van der Waals surface area contributed by atoms with Gasteiger partial charge in [-0.3, -0.25) is 5.41 Å². The van der Waals surface area contributed by atoms with Gasteiger partial charge in [0, 0.05) is 5.75 Å². The Morgan fingerprint density at radius 3 is 1.85 bits per heavy atom. The van der Waals surface area contributed by atoms with Gasteiger partial charge in [-0.2, -0.15) is 10.2 Å². The summed E-state index contributed by atoms with van der Waals surface area (Å²) in [4.78, 5) is 0. The van der Waals surface area contributed by atoms with Crippen LogP contribution in [0.2, 0.25) is 0 Å². The normalized spacial score (nSPS) is 11.2. The fraction of sp³-hybridized carbons (Fsp3) is 0.536. The third kappa shape index (κ3) is 13.4. The molecule has 0 aliphatic heterocycles. The molecular weight excluding hydrogens is 440 g/mol. The lowest BCUT2D eigenvalue weighted by atomic mass is 10.0. The number of hydrogen-bond donors (Lipinski definition) is 2. The van der Waals surface area contributed by atoms with Crippen molar-refractivity contribution >= 4 is 28.3 Å². The molecule has 0 aliphatic carbocycles. The van der Waals surface area contributed by atoms with Crippen LogP contribution in [-0.4, -0.2) is 17.5 Å². The van der Waals surface area contributed by atoms with Crippen molar-refractivity contribution < 1.29 is 4.74 Å². The minimum Gasteiger partial charge on any atom is -0.494 e. The van der Waals surface area contributed by atoms with Gasteiger partial charge in [0.15, 0.2) is 5.17 Å². The number of ether oxygens (including phenoxy) is 1. The van der Waals surface area contributed by atoms with Gasteiger partial charge >= 0.3 is 0 Å². The van der Waals surface area contributed by atoms with Crippen molar-refractivity contribution in [1.82, 2.24) is 0 Å². The van der Waals surface area contributed by atoms with Crippen LogP contribution in [0.4, 0.5) is 11.4 Å². The second-order valence-corrected chi connectivity index (χ2v) is 9.84. The molecular formula is C28H42N4OS. The summed E-state index contributed by atoms with van der Waals surface area (Å²) in [7, 11) is 0. The fourth-order valence-corrected chi connectivity index (χ4v) is 4.18. The molecule has 0 saturated carbocycles. The smallest absolute Gasteiger partial charge is 0.151 e. The zero-order valence-electron chi connectivity index (χ0n) is 20.8. The Kier molecular flexibility index (Phi) is 14.8. The first-order valence-electron chi connectivity index (χ1n) is 12.9. The third-order valence-electron chi connectivity index (χ3n) is 5.69. The Balaban J connectivity index is 1.60. The second-order valence-electron chi connectivity index (χ2n) is 8.71. The number of rotatable bonds is 18. The summed E-state index contributed by atoms with van der Waals surface area (Å²) in [6, 6.07) is 16.1. The molecule has 5 nitrogen and oxygen atoms in total. The summed E-state index contributed by atoms with van der Waals surface area (Å²) in [6.07, 6.45) is 15.7. The monoisotopic (exact) mass is 482 g/mol. The number of benzene rings is 2. The topological polar surface area (TPSA) is 83.8 Å². The third-order valence-corrected chi connectivity index (χ3v) is 6.49. The van der Waals surface area contributed by atoms with E-state index in [1.807, 2.05) is 36.4 Å². The summed E-state index contributed by atoms with van der Waals surface area (Å²) >= 11 is 1.34. The number of nitrogens with zero attached hydrogens (tertiary/aromatic N) is 2. The SMILES string of the molecule is CCCCCCCCCCCCc1ccc(N=Nc2ccc(OCCCSC(=N)N)cc2)cc1. The standard InChI is InChI=1S/C28H42N4OS/c1-2-3-4-5-6-7-8-9-10-11-13-24-14-16-25(17-15-24)31-32-26-18-20-27(21-19-26)33-22-12-23-34-28(29)30/h14-21H,2-13,22-23H2,1H3,(H3,29,30). The number of nitrogens with one attached hydrogen (secondary N) is 1. The van der Waals surface area contributed by atoms with Crippen LogP contribution in [0.5, 0.6) is 5.75 Å². The minimum absolute atomic E-state index is 0.151. The van der Waals surface area contributed by atoms with Gasteiger partial charge < -0.3 is 10.5 Å². The molecule has 0 spiro atoms. The van der Waals surface area contributed by atoms with Gasteiger partial charge in [0.2, 0.25) is 0 Å². The molecule has 0 radical (unpaired) electrons.